The molecule has 3 aromatic rings. The van der Waals surface area contributed by atoms with Crippen LogP contribution in [0.5, 0.6) is 5.75 Å². The first kappa shape index (κ1) is 18.0. The van der Waals surface area contributed by atoms with E-state index < -0.39 is 0 Å². The zero-order chi connectivity index (χ0) is 18.2. The Kier molecular flexibility index (Phi) is 6.27. The number of hydrogen-bond acceptors (Lipinski definition) is 5. The Morgan fingerprint density at radius 3 is 2.92 bits per heavy atom. The largest absolute Gasteiger partial charge is 0.485 e. The molecule has 2 heterocycles. The summed E-state index contributed by atoms with van der Waals surface area (Å²) in [5.41, 5.74) is 1.29. The average molecular weight is 371 g/mol. The number of pyridine rings is 1. The van der Waals surface area contributed by atoms with Crippen molar-refractivity contribution in [2.75, 3.05) is 6.54 Å². The second-order valence-electron chi connectivity index (χ2n) is 5.58. The molecule has 26 heavy (non-hydrogen) atoms. The number of nitrogens with one attached hydrogen (secondary N) is 1. The number of nitrogens with zero attached hydrogens (tertiary/aromatic N) is 2. The SMILES string of the molecule is O=C(Cc1csc(COc2cccnc2)n1)NCCc1ccccc1F. The molecule has 0 aliphatic carbocycles. The Balaban J connectivity index is 1.42. The van der Waals surface area contributed by atoms with E-state index in [1.165, 1.54) is 17.4 Å². The van der Waals surface area contributed by atoms with Crippen LogP contribution in [-0.2, 0) is 24.2 Å². The molecule has 0 radical (unpaired) electrons. The van der Waals surface area contributed by atoms with Crippen molar-refractivity contribution in [3.8, 4) is 5.75 Å². The van der Waals surface area contributed by atoms with Crippen LogP contribution in [0.15, 0.2) is 54.2 Å². The Labute approximate surface area is 154 Å². The first-order valence-corrected chi connectivity index (χ1v) is 9.05. The molecule has 3 rings (SSSR count). The molecule has 134 valence electrons. The molecule has 0 saturated heterocycles. The van der Waals surface area contributed by atoms with Gasteiger partial charge in [-0.05, 0) is 30.2 Å². The summed E-state index contributed by atoms with van der Waals surface area (Å²) in [5.74, 6) is 0.293. The number of carbonyl (C=O) groups excluding carboxylic acids is 1. The van der Waals surface area contributed by atoms with Gasteiger partial charge in [-0.2, -0.15) is 0 Å². The summed E-state index contributed by atoms with van der Waals surface area (Å²) in [6.45, 7) is 0.728. The van der Waals surface area contributed by atoms with Crippen molar-refractivity contribution in [3.05, 3.63) is 76.3 Å². The average Bonchev–Trinajstić information content (AvgIpc) is 3.10. The molecule has 5 nitrogen and oxygen atoms in total. The van der Waals surface area contributed by atoms with E-state index in [0.717, 1.165) is 5.01 Å². The number of hydrogen-bond donors (Lipinski definition) is 1. The minimum absolute atomic E-state index is 0.133. The van der Waals surface area contributed by atoms with Gasteiger partial charge in [0.05, 0.1) is 18.3 Å². The van der Waals surface area contributed by atoms with E-state index in [2.05, 4.69) is 15.3 Å². The molecular weight excluding hydrogens is 353 g/mol. The summed E-state index contributed by atoms with van der Waals surface area (Å²) >= 11 is 1.45. The van der Waals surface area contributed by atoms with E-state index >= 15 is 0 Å². The van der Waals surface area contributed by atoms with Gasteiger partial charge in [-0.1, -0.05) is 18.2 Å². The van der Waals surface area contributed by atoms with Crippen LogP contribution in [0.4, 0.5) is 4.39 Å². The van der Waals surface area contributed by atoms with Crippen LogP contribution >= 0.6 is 11.3 Å². The van der Waals surface area contributed by atoms with Gasteiger partial charge in [-0.15, -0.1) is 11.3 Å². The molecule has 1 aromatic carbocycles. The normalized spacial score (nSPS) is 10.5. The molecule has 0 aliphatic rings. The lowest BCUT2D eigenvalue weighted by molar-refractivity contribution is -0.120. The Hall–Kier alpha value is -2.80. The number of carbonyl (C=O) groups is 1. The highest BCUT2D eigenvalue weighted by Gasteiger charge is 2.09. The smallest absolute Gasteiger partial charge is 0.226 e. The molecule has 2 aromatic heterocycles. The number of rotatable bonds is 8. The van der Waals surface area contributed by atoms with Gasteiger partial charge in [0.15, 0.2) is 0 Å². The number of ether oxygens (including phenoxy) is 1. The van der Waals surface area contributed by atoms with Crippen molar-refractivity contribution < 1.29 is 13.9 Å². The highest BCUT2D eigenvalue weighted by Crippen LogP contribution is 2.14. The molecule has 0 atom stereocenters. The van der Waals surface area contributed by atoms with Gasteiger partial charge >= 0.3 is 0 Å². The van der Waals surface area contributed by atoms with Gasteiger partial charge in [-0.3, -0.25) is 9.78 Å². The monoisotopic (exact) mass is 371 g/mol. The summed E-state index contributed by atoms with van der Waals surface area (Å²) in [7, 11) is 0. The second kappa shape index (κ2) is 9.05. The minimum atomic E-state index is -0.250. The van der Waals surface area contributed by atoms with Crippen molar-refractivity contribution in [3.63, 3.8) is 0 Å². The number of halogens is 1. The fraction of sp³-hybridized carbons (Fsp3) is 0.211. The standard InChI is InChI=1S/C19H18FN3O2S/c20-17-6-2-1-4-14(17)7-9-22-18(24)10-15-13-26-19(23-15)12-25-16-5-3-8-21-11-16/h1-6,8,11,13H,7,9-10,12H2,(H,22,24). The molecule has 0 saturated carbocycles. The maximum absolute atomic E-state index is 13.5. The first-order valence-electron chi connectivity index (χ1n) is 8.17. The van der Waals surface area contributed by atoms with Gasteiger partial charge in [0.25, 0.3) is 0 Å². The molecule has 7 heteroatoms. The summed E-state index contributed by atoms with van der Waals surface area (Å²) in [4.78, 5) is 20.4. The van der Waals surface area contributed by atoms with Gasteiger partial charge in [0.1, 0.15) is 23.2 Å². The van der Waals surface area contributed by atoms with Gasteiger partial charge in [0, 0.05) is 18.1 Å². The number of benzene rings is 1. The summed E-state index contributed by atoms with van der Waals surface area (Å²) < 4.78 is 19.1. The second-order valence-corrected chi connectivity index (χ2v) is 6.52. The van der Waals surface area contributed by atoms with Crippen molar-refractivity contribution in [2.45, 2.75) is 19.4 Å². The van der Waals surface area contributed by atoms with E-state index in [0.29, 0.717) is 36.6 Å². The molecule has 1 amide bonds. The lowest BCUT2D eigenvalue weighted by Gasteiger charge is -2.05. The third kappa shape index (κ3) is 5.35. The van der Waals surface area contributed by atoms with Gasteiger partial charge in [0.2, 0.25) is 5.91 Å². The van der Waals surface area contributed by atoms with Crippen molar-refractivity contribution in [2.24, 2.45) is 0 Å². The molecule has 0 spiro atoms. The van der Waals surface area contributed by atoms with Crippen LogP contribution in [-0.4, -0.2) is 22.4 Å². The fourth-order valence-corrected chi connectivity index (χ4v) is 3.04. The predicted octanol–water partition coefficient (Wildman–Crippen LogP) is 3.16. The van der Waals surface area contributed by atoms with Gasteiger partial charge < -0.3 is 10.1 Å². The fourth-order valence-electron chi connectivity index (χ4n) is 2.34. The summed E-state index contributed by atoms with van der Waals surface area (Å²) in [5, 5.41) is 5.43. The number of amides is 1. The van der Waals surface area contributed by atoms with Crippen LogP contribution in [0, 0.1) is 5.82 Å². The Bertz CT molecular complexity index is 855. The Morgan fingerprint density at radius 1 is 1.23 bits per heavy atom. The molecule has 1 N–H and O–H groups in total. The molecule has 0 bridgehead atoms. The third-order valence-electron chi connectivity index (χ3n) is 3.61. The topological polar surface area (TPSA) is 64.1 Å². The van der Waals surface area contributed by atoms with E-state index in [9.17, 15) is 9.18 Å². The van der Waals surface area contributed by atoms with Crippen LogP contribution in [0.2, 0.25) is 0 Å². The van der Waals surface area contributed by atoms with Crippen LogP contribution in [0.3, 0.4) is 0 Å². The van der Waals surface area contributed by atoms with Gasteiger partial charge in [-0.25, -0.2) is 9.37 Å². The summed E-state index contributed by atoms with van der Waals surface area (Å²) in [6.07, 6.45) is 3.97. The number of aromatic nitrogens is 2. The van der Waals surface area contributed by atoms with E-state index in [1.54, 1.807) is 36.7 Å². The lowest BCUT2D eigenvalue weighted by Crippen LogP contribution is -2.27. The van der Waals surface area contributed by atoms with Crippen LogP contribution in [0.1, 0.15) is 16.3 Å². The highest BCUT2D eigenvalue weighted by molar-refractivity contribution is 7.09. The minimum Gasteiger partial charge on any atom is -0.485 e. The van der Waals surface area contributed by atoms with E-state index in [-0.39, 0.29) is 18.1 Å². The molecular formula is C19H18FN3O2S. The molecule has 0 unspecified atom stereocenters. The molecule has 0 fully saturated rings. The summed E-state index contributed by atoms with van der Waals surface area (Å²) in [6, 6.07) is 10.2. The predicted molar refractivity (Wildman–Crippen MR) is 97.5 cm³/mol. The van der Waals surface area contributed by atoms with Crippen molar-refractivity contribution >= 4 is 17.2 Å². The van der Waals surface area contributed by atoms with Crippen LogP contribution < -0.4 is 10.1 Å². The number of thiazole rings is 1. The highest BCUT2D eigenvalue weighted by atomic mass is 32.1. The van der Waals surface area contributed by atoms with Crippen molar-refractivity contribution in [1.82, 2.24) is 15.3 Å². The third-order valence-corrected chi connectivity index (χ3v) is 4.48. The zero-order valence-electron chi connectivity index (χ0n) is 14.0. The van der Waals surface area contributed by atoms with E-state index in [4.69, 9.17) is 4.74 Å². The lowest BCUT2D eigenvalue weighted by atomic mass is 10.1. The molecule has 0 aliphatic heterocycles. The maximum Gasteiger partial charge on any atom is 0.226 e. The quantitative estimate of drug-likeness (QED) is 0.661. The maximum atomic E-state index is 13.5. The van der Waals surface area contributed by atoms with Crippen molar-refractivity contribution in [1.29, 1.82) is 0 Å². The van der Waals surface area contributed by atoms with E-state index in [1.807, 2.05) is 11.4 Å². The first-order chi connectivity index (χ1) is 12.7. The Morgan fingerprint density at radius 2 is 2.12 bits per heavy atom. The van der Waals surface area contributed by atoms with Crippen LogP contribution in [0.25, 0.3) is 0 Å². The zero-order valence-corrected chi connectivity index (χ0v) is 14.8.